The Morgan fingerprint density at radius 1 is 1.19 bits per heavy atom. The zero-order valence-corrected chi connectivity index (χ0v) is 13.1. The van der Waals surface area contributed by atoms with Gasteiger partial charge in [0.25, 0.3) is 0 Å². The number of hydrogen-bond donors (Lipinski definition) is 0. The maximum Gasteiger partial charge on any atom is 0.323 e. The molecule has 0 N–H and O–H groups in total. The molecule has 0 unspecified atom stereocenters. The molecule has 0 saturated carbocycles. The third kappa shape index (κ3) is 4.03. The quantitative estimate of drug-likeness (QED) is 0.570. The third-order valence-corrected chi connectivity index (χ3v) is 3.81. The number of ether oxygens (including phenoxy) is 1. The van der Waals surface area contributed by atoms with Crippen LogP contribution in [0.15, 0.2) is 0 Å². The SMILES string of the molecule is CC(C)(C)OC(=O)[C@@H]1CCCN1CCN1C(=O)CCC1=O. The van der Waals surface area contributed by atoms with E-state index in [9.17, 15) is 14.4 Å². The average Bonchev–Trinajstić information content (AvgIpc) is 2.93. The Hall–Kier alpha value is -1.43. The molecular weight excluding hydrogens is 272 g/mol. The van der Waals surface area contributed by atoms with E-state index in [1.54, 1.807) is 0 Å². The molecule has 0 aromatic rings. The van der Waals surface area contributed by atoms with Crippen LogP contribution < -0.4 is 0 Å². The molecular formula is C15H24N2O4. The highest BCUT2D eigenvalue weighted by molar-refractivity contribution is 6.01. The first-order valence-electron chi connectivity index (χ1n) is 7.58. The van der Waals surface area contributed by atoms with Gasteiger partial charge in [0.05, 0.1) is 0 Å². The second-order valence-electron chi connectivity index (χ2n) is 6.67. The van der Waals surface area contributed by atoms with Gasteiger partial charge in [0, 0.05) is 25.9 Å². The molecule has 0 aliphatic carbocycles. The van der Waals surface area contributed by atoms with E-state index in [1.807, 2.05) is 25.7 Å². The topological polar surface area (TPSA) is 66.9 Å². The Labute approximate surface area is 125 Å². The first kappa shape index (κ1) is 15.9. The highest BCUT2D eigenvalue weighted by Gasteiger charge is 2.35. The molecule has 0 radical (unpaired) electrons. The molecule has 0 aromatic carbocycles. The van der Waals surface area contributed by atoms with Crippen LogP contribution >= 0.6 is 0 Å². The molecule has 6 heteroatoms. The monoisotopic (exact) mass is 296 g/mol. The summed E-state index contributed by atoms with van der Waals surface area (Å²) in [5.74, 6) is -0.417. The van der Waals surface area contributed by atoms with Gasteiger partial charge in [-0.2, -0.15) is 0 Å². The van der Waals surface area contributed by atoms with Crippen molar-refractivity contribution in [2.45, 2.75) is 58.1 Å². The lowest BCUT2D eigenvalue weighted by Crippen LogP contribution is -2.44. The van der Waals surface area contributed by atoms with Crippen LogP contribution in [-0.2, 0) is 19.1 Å². The van der Waals surface area contributed by atoms with Crippen molar-refractivity contribution in [3.8, 4) is 0 Å². The summed E-state index contributed by atoms with van der Waals surface area (Å²) in [6.07, 6.45) is 2.34. The molecule has 2 aliphatic rings. The van der Waals surface area contributed by atoms with Gasteiger partial charge in [-0.25, -0.2) is 0 Å². The molecule has 2 amide bonds. The number of hydrogen-bond acceptors (Lipinski definition) is 5. The van der Waals surface area contributed by atoms with Crippen molar-refractivity contribution in [3.63, 3.8) is 0 Å². The lowest BCUT2D eigenvalue weighted by molar-refractivity contribution is -0.160. The van der Waals surface area contributed by atoms with Crippen LogP contribution in [0.2, 0.25) is 0 Å². The highest BCUT2D eigenvalue weighted by Crippen LogP contribution is 2.21. The van der Waals surface area contributed by atoms with Gasteiger partial charge in [-0.05, 0) is 40.2 Å². The van der Waals surface area contributed by atoms with Crippen LogP contribution in [0.1, 0.15) is 46.5 Å². The molecule has 2 saturated heterocycles. The van der Waals surface area contributed by atoms with Crippen molar-refractivity contribution in [1.29, 1.82) is 0 Å². The summed E-state index contributed by atoms with van der Waals surface area (Å²) in [5, 5.41) is 0. The molecule has 21 heavy (non-hydrogen) atoms. The summed E-state index contributed by atoms with van der Waals surface area (Å²) in [4.78, 5) is 38.7. The zero-order valence-electron chi connectivity index (χ0n) is 13.1. The molecule has 2 aliphatic heterocycles. The number of esters is 1. The van der Waals surface area contributed by atoms with Gasteiger partial charge in [-0.15, -0.1) is 0 Å². The second-order valence-corrected chi connectivity index (χ2v) is 6.67. The molecule has 2 rings (SSSR count). The van der Waals surface area contributed by atoms with Gasteiger partial charge in [0.2, 0.25) is 11.8 Å². The lowest BCUT2D eigenvalue weighted by Gasteiger charge is -2.28. The minimum atomic E-state index is -0.494. The summed E-state index contributed by atoms with van der Waals surface area (Å²) in [6.45, 7) is 7.28. The normalized spacial score (nSPS) is 24.0. The fourth-order valence-corrected chi connectivity index (χ4v) is 2.83. The van der Waals surface area contributed by atoms with Crippen molar-refractivity contribution >= 4 is 17.8 Å². The molecule has 1 atom stereocenters. The number of imide groups is 1. The number of amides is 2. The Morgan fingerprint density at radius 3 is 2.38 bits per heavy atom. The van der Waals surface area contributed by atoms with E-state index in [-0.39, 0.29) is 23.8 Å². The van der Waals surface area contributed by atoms with E-state index in [2.05, 4.69) is 0 Å². The van der Waals surface area contributed by atoms with Crippen LogP contribution in [0, 0.1) is 0 Å². The first-order chi connectivity index (χ1) is 9.78. The molecule has 0 bridgehead atoms. The smallest absolute Gasteiger partial charge is 0.323 e. The van der Waals surface area contributed by atoms with Gasteiger partial charge < -0.3 is 4.74 Å². The summed E-state index contributed by atoms with van der Waals surface area (Å²) in [6, 6.07) is -0.253. The number of likely N-dealkylation sites (tertiary alicyclic amines) is 2. The van der Waals surface area contributed by atoms with Gasteiger partial charge in [-0.1, -0.05) is 0 Å². The van der Waals surface area contributed by atoms with Crippen molar-refractivity contribution in [2.24, 2.45) is 0 Å². The van der Waals surface area contributed by atoms with Crippen LogP contribution in [0.4, 0.5) is 0 Å². The number of nitrogens with zero attached hydrogens (tertiary/aromatic N) is 2. The van der Waals surface area contributed by atoms with Crippen molar-refractivity contribution in [1.82, 2.24) is 9.80 Å². The zero-order chi connectivity index (χ0) is 15.6. The highest BCUT2D eigenvalue weighted by atomic mass is 16.6. The van der Waals surface area contributed by atoms with E-state index in [4.69, 9.17) is 4.74 Å². The van der Waals surface area contributed by atoms with Crippen LogP contribution in [-0.4, -0.2) is 58.9 Å². The molecule has 2 heterocycles. The predicted molar refractivity (Wildman–Crippen MR) is 76.4 cm³/mol. The summed E-state index contributed by atoms with van der Waals surface area (Å²) >= 11 is 0. The van der Waals surface area contributed by atoms with Crippen molar-refractivity contribution < 1.29 is 19.1 Å². The molecule has 2 fully saturated rings. The average molecular weight is 296 g/mol. The lowest BCUT2D eigenvalue weighted by atomic mass is 10.1. The van der Waals surface area contributed by atoms with Crippen LogP contribution in [0.3, 0.4) is 0 Å². The number of rotatable bonds is 4. The van der Waals surface area contributed by atoms with E-state index in [0.717, 1.165) is 19.4 Å². The molecule has 6 nitrogen and oxygen atoms in total. The van der Waals surface area contributed by atoms with Crippen molar-refractivity contribution in [3.05, 3.63) is 0 Å². The Bertz CT molecular complexity index is 425. The number of carbonyl (C=O) groups is 3. The minimum Gasteiger partial charge on any atom is -0.459 e. The minimum absolute atomic E-state index is 0.104. The van der Waals surface area contributed by atoms with Gasteiger partial charge in [-0.3, -0.25) is 24.2 Å². The van der Waals surface area contributed by atoms with E-state index in [0.29, 0.717) is 25.9 Å². The fourth-order valence-electron chi connectivity index (χ4n) is 2.83. The van der Waals surface area contributed by atoms with Crippen molar-refractivity contribution in [2.75, 3.05) is 19.6 Å². The molecule has 0 aromatic heterocycles. The van der Waals surface area contributed by atoms with E-state index in [1.165, 1.54) is 4.90 Å². The standard InChI is InChI=1S/C15H24N2O4/c1-15(2,3)21-14(20)11-5-4-8-16(11)9-10-17-12(18)6-7-13(17)19/h11H,4-10H2,1-3H3/t11-/m0/s1. The summed E-state index contributed by atoms with van der Waals surface area (Å²) in [7, 11) is 0. The predicted octanol–water partition coefficient (Wildman–Crippen LogP) is 0.942. The largest absolute Gasteiger partial charge is 0.459 e. The molecule has 118 valence electrons. The maximum atomic E-state index is 12.2. The Morgan fingerprint density at radius 2 is 1.81 bits per heavy atom. The van der Waals surface area contributed by atoms with Gasteiger partial charge >= 0.3 is 5.97 Å². The van der Waals surface area contributed by atoms with E-state index < -0.39 is 5.60 Å². The van der Waals surface area contributed by atoms with Gasteiger partial charge in [0.15, 0.2) is 0 Å². The Kier molecular flexibility index (Phi) is 4.66. The summed E-state index contributed by atoms with van der Waals surface area (Å²) in [5.41, 5.74) is -0.494. The van der Waals surface area contributed by atoms with Crippen LogP contribution in [0.25, 0.3) is 0 Å². The Balaban J connectivity index is 1.89. The number of carbonyl (C=O) groups excluding carboxylic acids is 3. The third-order valence-electron chi connectivity index (χ3n) is 3.81. The molecule has 0 spiro atoms. The van der Waals surface area contributed by atoms with E-state index >= 15 is 0 Å². The first-order valence-corrected chi connectivity index (χ1v) is 7.58. The second kappa shape index (κ2) is 6.13. The maximum absolute atomic E-state index is 12.2. The summed E-state index contributed by atoms with van der Waals surface area (Å²) < 4.78 is 5.44. The van der Waals surface area contributed by atoms with Crippen LogP contribution in [0.5, 0.6) is 0 Å². The van der Waals surface area contributed by atoms with Gasteiger partial charge in [0.1, 0.15) is 11.6 Å². The fraction of sp³-hybridized carbons (Fsp3) is 0.800.